The summed E-state index contributed by atoms with van der Waals surface area (Å²) in [5.41, 5.74) is -0.335. The number of rotatable bonds is 28. The van der Waals surface area contributed by atoms with Crippen molar-refractivity contribution in [1.82, 2.24) is 0 Å². The second-order valence-electron chi connectivity index (χ2n) is 18.0. The third-order valence-corrected chi connectivity index (χ3v) is 15.0. The normalized spacial score (nSPS) is 15.0. The molecule has 6 unspecified atom stereocenters. The Labute approximate surface area is 480 Å². The largest absolute Gasteiger partial charge is 0.464 e. The van der Waals surface area contributed by atoms with Crippen molar-refractivity contribution in [3.8, 4) is 0 Å². The lowest BCUT2D eigenvalue weighted by Gasteiger charge is -2.36. The molecule has 0 spiro atoms. The summed E-state index contributed by atoms with van der Waals surface area (Å²) >= 11 is 27.3. The highest BCUT2D eigenvalue weighted by Gasteiger charge is 2.43. The summed E-state index contributed by atoms with van der Waals surface area (Å²) in [5.74, 6) is -4.79. The quantitative estimate of drug-likeness (QED) is 0.0156. The van der Waals surface area contributed by atoms with E-state index in [1.807, 2.05) is 0 Å². The van der Waals surface area contributed by atoms with E-state index in [0.29, 0.717) is 33.4 Å². The van der Waals surface area contributed by atoms with E-state index in [9.17, 15) is 28.8 Å². The van der Waals surface area contributed by atoms with E-state index in [1.54, 1.807) is 182 Å². The van der Waals surface area contributed by atoms with Crippen molar-refractivity contribution in [2.45, 2.75) is 31.5 Å². The zero-order valence-electron chi connectivity index (χ0n) is 41.4. The number of carbonyl (C=O) groups is 6. The molecule has 0 aliphatic carbocycles. The van der Waals surface area contributed by atoms with Crippen LogP contribution in [0.2, 0.25) is 0 Å². The van der Waals surface area contributed by atoms with Crippen molar-refractivity contribution < 1.29 is 61.9 Å². The lowest BCUT2D eigenvalue weighted by molar-refractivity contribution is -0.174. The van der Waals surface area contributed by atoms with Crippen LogP contribution in [0.4, 0.5) is 0 Å². The molecule has 77 heavy (non-hydrogen) atoms. The third kappa shape index (κ3) is 18.1. The summed E-state index contributed by atoms with van der Waals surface area (Å²) in [6.45, 7) is -4.64. The van der Waals surface area contributed by atoms with E-state index in [-0.39, 0.29) is 0 Å². The fraction of sp³-hybridized carbons (Fsp3) is 0.276. The number of hydrogen-bond acceptors (Lipinski definition) is 19. The Morgan fingerprint density at radius 1 is 0.260 bits per heavy atom. The first-order valence-corrected chi connectivity index (χ1v) is 27.2. The second-order valence-corrected chi connectivity index (χ2v) is 21.1. The fourth-order valence-electron chi connectivity index (χ4n) is 7.43. The number of carbonyl (C=O) groups excluding carboxylic acids is 6. The summed E-state index contributed by atoms with van der Waals surface area (Å²) in [6.07, 6.45) is 0. The van der Waals surface area contributed by atoms with Gasteiger partial charge in [-0.2, -0.15) is 75.8 Å². The Bertz CT molecular complexity index is 2330. The molecule has 6 atom stereocenters. The summed E-state index contributed by atoms with van der Waals surface area (Å²) in [5, 5.41) is -6.44. The van der Waals surface area contributed by atoms with Gasteiger partial charge in [0.1, 0.15) is 71.1 Å². The highest BCUT2D eigenvalue weighted by Crippen LogP contribution is 2.33. The van der Waals surface area contributed by atoms with Gasteiger partial charge in [-0.05, 0) is 33.4 Å². The number of thiol groups is 6. The Morgan fingerprint density at radius 2 is 0.403 bits per heavy atom. The molecule has 0 fully saturated rings. The molecule has 19 heteroatoms. The summed E-state index contributed by atoms with van der Waals surface area (Å²) in [7, 11) is 0. The van der Waals surface area contributed by atoms with Crippen LogP contribution in [-0.4, -0.2) is 88.7 Å². The van der Waals surface area contributed by atoms with Gasteiger partial charge in [0.05, 0.1) is 24.0 Å². The third-order valence-electron chi connectivity index (χ3n) is 12.0. The van der Waals surface area contributed by atoms with E-state index < -0.39 is 131 Å². The molecular formula is C58H58O13S6. The highest BCUT2D eigenvalue weighted by atomic mass is 32.1. The molecule has 0 aliphatic heterocycles. The minimum Gasteiger partial charge on any atom is -0.464 e. The van der Waals surface area contributed by atoms with Gasteiger partial charge < -0.3 is 33.2 Å². The zero-order chi connectivity index (χ0) is 55.2. The number of esters is 6. The molecule has 6 rings (SSSR count). The Hall–Kier alpha value is -5.80. The van der Waals surface area contributed by atoms with Crippen molar-refractivity contribution in [2.24, 2.45) is 10.8 Å². The van der Waals surface area contributed by atoms with Crippen LogP contribution in [0, 0.1) is 10.8 Å². The maximum atomic E-state index is 13.9. The minimum absolute atomic E-state index is 0.521. The van der Waals surface area contributed by atoms with Crippen LogP contribution in [0.5, 0.6) is 0 Å². The fourth-order valence-corrected chi connectivity index (χ4v) is 8.91. The monoisotopic (exact) mass is 1150 g/mol. The summed E-state index contributed by atoms with van der Waals surface area (Å²) < 4.78 is 42.3. The van der Waals surface area contributed by atoms with Gasteiger partial charge in [0, 0.05) is 0 Å². The molecule has 0 radical (unpaired) electrons. The predicted molar refractivity (Wildman–Crippen MR) is 310 cm³/mol. The van der Waals surface area contributed by atoms with E-state index in [0.717, 1.165) is 0 Å². The van der Waals surface area contributed by atoms with Gasteiger partial charge in [-0.3, -0.25) is 28.8 Å². The lowest BCUT2D eigenvalue weighted by Crippen LogP contribution is -2.47. The van der Waals surface area contributed by atoms with E-state index in [2.05, 4.69) is 75.8 Å². The van der Waals surface area contributed by atoms with Gasteiger partial charge in [0.2, 0.25) is 0 Å². The Morgan fingerprint density at radius 3 is 0.545 bits per heavy atom. The first-order chi connectivity index (χ1) is 37.1. The van der Waals surface area contributed by atoms with Crippen molar-refractivity contribution in [2.75, 3.05) is 52.9 Å². The molecule has 6 aromatic rings. The van der Waals surface area contributed by atoms with Crippen LogP contribution in [0.1, 0.15) is 64.9 Å². The van der Waals surface area contributed by atoms with Crippen LogP contribution in [0.15, 0.2) is 182 Å². The molecule has 6 aromatic carbocycles. The number of ether oxygens (including phenoxy) is 7. The van der Waals surface area contributed by atoms with E-state index in [1.165, 1.54) is 0 Å². The van der Waals surface area contributed by atoms with Crippen molar-refractivity contribution in [3.63, 3.8) is 0 Å². The van der Waals surface area contributed by atoms with Crippen LogP contribution in [-0.2, 0) is 61.9 Å². The summed E-state index contributed by atoms with van der Waals surface area (Å²) in [4.78, 5) is 83.2. The van der Waals surface area contributed by atoms with Gasteiger partial charge in [-0.25, -0.2) is 0 Å². The minimum atomic E-state index is -1.73. The average molecular weight is 1160 g/mol. The zero-order valence-corrected chi connectivity index (χ0v) is 46.8. The van der Waals surface area contributed by atoms with E-state index in [4.69, 9.17) is 33.2 Å². The smallest absolute Gasteiger partial charge is 0.323 e. The highest BCUT2D eigenvalue weighted by molar-refractivity contribution is 7.82. The Balaban J connectivity index is 1.38. The van der Waals surface area contributed by atoms with Gasteiger partial charge in [-0.15, -0.1) is 0 Å². The second kappa shape index (κ2) is 30.4. The van der Waals surface area contributed by atoms with Crippen LogP contribution >= 0.6 is 75.8 Å². The molecule has 13 nitrogen and oxygen atoms in total. The SMILES string of the molecule is O=C(OCC(COCC(COC(=O)C(S)c1ccccc1)(COC(=O)C(S)c1ccccc1)COC(=O)C(S)c1ccccc1)(COC(=O)C(S)c1ccccc1)COC(=O)C(S)c1ccccc1)C(S)c1ccccc1. The first kappa shape index (κ1) is 60.4. The van der Waals surface area contributed by atoms with Crippen molar-refractivity contribution in [3.05, 3.63) is 215 Å². The molecule has 0 saturated carbocycles. The van der Waals surface area contributed by atoms with E-state index >= 15 is 0 Å². The van der Waals surface area contributed by atoms with Crippen molar-refractivity contribution >= 4 is 112 Å². The molecule has 0 amide bonds. The molecule has 0 saturated heterocycles. The molecule has 0 bridgehead atoms. The molecule has 404 valence electrons. The molecule has 0 aromatic heterocycles. The summed E-state index contributed by atoms with van der Waals surface area (Å²) in [6, 6.07) is 51.8. The maximum absolute atomic E-state index is 13.9. The molecule has 0 N–H and O–H groups in total. The Kier molecular flexibility index (Phi) is 23.8. The average Bonchev–Trinajstić information content (AvgIpc) is 3.49. The van der Waals surface area contributed by atoms with Gasteiger partial charge in [0.15, 0.2) is 0 Å². The van der Waals surface area contributed by atoms with Gasteiger partial charge in [0.25, 0.3) is 0 Å². The van der Waals surface area contributed by atoms with Gasteiger partial charge >= 0.3 is 35.8 Å². The molecule has 0 heterocycles. The maximum Gasteiger partial charge on any atom is 0.323 e. The number of hydrogen-bond donors (Lipinski definition) is 6. The standard InChI is InChI=1S/C58H58O13S6/c59-51(45(72)39-19-7-1-8-20-39)66-33-57(34-67-52(60)46(73)40-21-9-2-10-22-40,35-68-53(61)47(74)41-23-11-3-12-24-41)31-65-32-58(36-69-54(62)48(75)42-25-13-4-14-26-42,37-70-55(63)49(76)43-27-15-5-16-28-43)38-71-56(64)50(77)44-29-17-6-18-30-44/h1-30,45-50,72-77H,31-38H2. The predicted octanol–water partition coefficient (Wildman–Crippen LogP) is 10.3. The lowest BCUT2D eigenvalue weighted by atomic mass is 9.90. The molecular weight excluding hydrogens is 1100 g/mol. The van der Waals surface area contributed by atoms with Crippen molar-refractivity contribution in [1.29, 1.82) is 0 Å². The van der Waals surface area contributed by atoms with Crippen LogP contribution < -0.4 is 0 Å². The first-order valence-electron chi connectivity index (χ1n) is 24.1. The van der Waals surface area contributed by atoms with Gasteiger partial charge in [-0.1, -0.05) is 182 Å². The van der Waals surface area contributed by atoms with Crippen LogP contribution in [0.25, 0.3) is 0 Å². The number of benzene rings is 6. The topological polar surface area (TPSA) is 167 Å². The molecule has 0 aliphatic rings. The van der Waals surface area contributed by atoms with Crippen LogP contribution in [0.3, 0.4) is 0 Å².